The molecule has 38 heavy (non-hydrogen) atoms. The first-order chi connectivity index (χ1) is 18.1. The lowest BCUT2D eigenvalue weighted by atomic mass is 9.92. The van der Waals surface area contributed by atoms with Gasteiger partial charge in [0.2, 0.25) is 5.91 Å². The van der Waals surface area contributed by atoms with E-state index in [2.05, 4.69) is 10.6 Å². The maximum absolute atomic E-state index is 13.4. The first-order valence-electron chi connectivity index (χ1n) is 12.8. The molecule has 0 heterocycles. The predicted octanol–water partition coefficient (Wildman–Crippen LogP) is 5.62. The Labute approximate surface area is 223 Å². The van der Waals surface area contributed by atoms with E-state index in [1.165, 1.54) is 12.1 Å². The summed E-state index contributed by atoms with van der Waals surface area (Å²) in [7, 11) is 0. The van der Waals surface area contributed by atoms with Gasteiger partial charge in [0.05, 0.1) is 5.92 Å². The van der Waals surface area contributed by atoms with Gasteiger partial charge in [0, 0.05) is 11.1 Å². The SMILES string of the molecule is CCCC(CC(NC(=O)c1ccc(-c2ccccc2)cc1)C(=O)NC(C)(C)Cc1ccc(F)cc1)C(=O)O. The van der Waals surface area contributed by atoms with Crippen molar-refractivity contribution in [3.63, 3.8) is 0 Å². The standard InChI is InChI=1S/C31H35FN2O4/c1-4-8-25(30(37)38)19-27(29(36)34-31(2,3)20-21-11-17-26(32)18-12-21)33-28(35)24-15-13-23(14-16-24)22-9-6-5-7-10-22/h5-7,9-18,25,27H,4,8,19-20H2,1-3H3,(H,33,35)(H,34,36)(H,37,38). The van der Waals surface area contributed by atoms with Crippen LogP contribution in [0.15, 0.2) is 78.9 Å². The summed E-state index contributed by atoms with van der Waals surface area (Å²) < 4.78 is 13.3. The van der Waals surface area contributed by atoms with E-state index in [1.54, 1.807) is 24.3 Å². The molecular formula is C31H35FN2O4. The molecule has 0 aromatic heterocycles. The van der Waals surface area contributed by atoms with Crippen LogP contribution < -0.4 is 10.6 Å². The summed E-state index contributed by atoms with van der Waals surface area (Å²) in [6.45, 7) is 5.54. The molecule has 0 saturated heterocycles. The molecule has 7 heteroatoms. The second-order valence-corrected chi connectivity index (χ2v) is 10.2. The zero-order chi connectivity index (χ0) is 27.7. The molecule has 0 aliphatic carbocycles. The van der Waals surface area contributed by atoms with Gasteiger partial charge in [-0.05, 0) is 74.1 Å². The Kier molecular flexibility index (Phi) is 9.77. The van der Waals surface area contributed by atoms with Crippen molar-refractivity contribution >= 4 is 17.8 Å². The number of halogens is 1. The number of aliphatic carboxylic acids is 1. The van der Waals surface area contributed by atoms with Crippen LogP contribution in [-0.2, 0) is 16.0 Å². The molecular weight excluding hydrogens is 483 g/mol. The monoisotopic (exact) mass is 518 g/mol. The lowest BCUT2D eigenvalue weighted by Gasteiger charge is -2.30. The molecule has 0 saturated carbocycles. The number of nitrogens with one attached hydrogen (secondary N) is 2. The van der Waals surface area contributed by atoms with Crippen LogP contribution in [0.4, 0.5) is 4.39 Å². The fourth-order valence-electron chi connectivity index (χ4n) is 4.47. The highest BCUT2D eigenvalue weighted by Crippen LogP contribution is 2.21. The van der Waals surface area contributed by atoms with E-state index in [4.69, 9.17) is 0 Å². The molecule has 0 radical (unpaired) electrons. The molecule has 0 aliphatic heterocycles. The topological polar surface area (TPSA) is 95.5 Å². The molecule has 0 aliphatic rings. The molecule has 6 nitrogen and oxygen atoms in total. The van der Waals surface area contributed by atoms with Crippen molar-refractivity contribution in [2.24, 2.45) is 5.92 Å². The van der Waals surface area contributed by atoms with Crippen molar-refractivity contribution in [3.8, 4) is 11.1 Å². The van der Waals surface area contributed by atoms with Gasteiger partial charge in [-0.15, -0.1) is 0 Å². The smallest absolute Gasteiger partial charge is 0.306 e. The summed E-state index contributed by atoms with van der Waals surface area (Å²) in [6.07, 6.45) is 1.42. The Hall–Kier alpha value is -4.00. The van der Waals surface area contributed by atoms with E-state index in [0.717, 1.165) is 16.7 Å². The van der Waals surface area contributed by atoms with Crippen LogP contribution in [0, 0.1) is 11.7 Å². The van der Waals surface area contributed by atoms with E-state index in [9.17, 15) is 23.9 Å². The summed E-state index contributed by atoms with van der Waals surface area (Å²) in [4.78, 5) is 38.4. The van der Waals surface area contributed by atoms with Gasteiger partial charge in [0.15, 0.2) is 0 Å². The quantitative estimate of drug-likeness (QED) is 0.290. The van der Waals surface area contributed by atoms with Gasteiger partial charge in [-0.3, -0.25) is 14.4 Å². The zero-order valence-electron chi connectivity index (χ0n) is 22.0. The molecule has 3 N–H and O–H groups in total. The molecule has 0 fully saturated rings. The molecule has 3 aromatic rings. The fraction of sp³-hybridized carbons (Fsp3) is 0.323. The van der Waals surface area contributed by atoms with E-state index < -0.39 is 35.3 Å². The lowest BCUT2D eigenvalue weighted by Crippen LogP contribution is -2.54. The van der Waals surface area contributed by atoms with E-state index in [1.807, 2.05) is 63.2 Å². The third-order valence-corrected chi connectivity index (χ3v) is 6.40. The van der Waals surface area contributed by atoms with Crippen molar-refractivity contribution in [2.45, 2.75) is 58.0 Å². The minimum Gasteiger partial charge on any atom is -0.481 e. The Bertz CT molecular complexity index is 1220. The lowest BCUT2D eigenvalue weighted by molar-refractivity contribution is -0.142. The van der Waals surface area contributed by atoms with E-state index >= 15 is 0 Å². The Morgan fingerprint density at radius 3 is 2.08 bits per heavy atom. The van der Waals surface area contributed by atoms with Gasteiger partial charge in [0.1, 0.15) is 11.9 Å². The molecule has 2 atom stereocenters. The van der Waals surface area contributed by atoms with Crippen molar-refractivity contribution in [2.75, 3.05) is 0 Å². The van der Waals surface area contributed by atoms with Crippen LogP contribution in [0.2, 0.25) is 0 Å². The predicted molar refractivity (Wildman–Crippen MR) is 146 cm³/mol. The van der Waals surface area contributed by atoms with E-state index in [0.29, 0.717) is 24.8 Å². The highest BCUT2D eigenvalue weighted by Gasteiger charge is 2.31. The molecule has 200 valence electrons. The van der Waals surface area contributed by atoms with Crippen LogP contribution in [-0.4, -0.2) is 34.5 Å². The summed E-state index contributed by atoms with van der Waals surface area (Å²) in [5.74, 6) is -3.05. The number of carbonyl (C=O) groups is 3. The van der Waals surface area contributed by atoms with Gasteiger partial charge < -0.3 is 15.7 Å². The van der Waals surface area contributed by atoms with Crippen molar-refractivity contribution < 1.29 is 23.9 Å². The van der Waals surface area contributed by atoms with Gasteiger partial charge in [-0.1, -0.05) is 67.9 Å². The zero-order valence-corrected chi connectivity index (χ0v) is 22.0. The normalized spacial score (nSPS) is 12.8. The Morgan fingerprint density at radius 1 is 0.895 bits per heavy atom. The van der Waals surface area contributed by atoms with Crippen LogP contribution in [0.1, 0.15) is 56.0 Å². The van der Waals surface area contributed by atoms with Crippen LogP contribution in [0.5, 0.6) is 0 Å². The summed E-state index contributed by atoms with van der Waals surface area (Å²) in [6, 6.07) is 21.8. The maximum Gasteiger partial charge on any atom is 0.306 e. The number of benzene rings is 3. The van der Waals surface area contributed by atoms with Gasteiger partial charge >= 0.3 is 5.97 Å². The number of carboxylic acids is 1. The number of rotatable bonds is 12. The largest absolute Gasteiger partial charge is 0.481 e. The highest BCUT2D eigenvalue weighted by molar-refractivity contribution is 5.98. The van der Waals surface area contributed by atoms with E-state index in [-0.39, 0.29) is 12.2 Å². The summed E-state index contributed by atoms with van der Waals surface area (Å²) in [5, 5.41) is 15.4. The number of carbonyl (C=O) groups excluding carboxylic acids is 2. The second-order valence-electron chi connectivity index (χ2n) is 10.2. The fourth-order valence-corrected chi connectivity index (χ4v) is 4.47. The maximum atomic E-state index is 13.4. The second kappa shape index (κ2) is 13.0. The van der Waals surface area contributed by atoms with Crippen LogP contribution >= 0.6 is 0 Å². The first-order valence-corrected chi connectivity index (χ1v) is 12.8. The molecule has 3 rings (SSSR count). The minimum atomic E-state index is -1.04. The Balaban J connectivity index is 1.77. The number of hydrogen-bond acceptors (Lipinski definition) is 3. The number of amides is 2. The van der Waals surface area contributed by atoms with Crippen molar-refractivity contribution in [1.82, 2.24) is 10.6 Å². The molecule has 3 aromatic carbocycles. The average Bonchev–Trinajstić information content (AvgIpc) is 2.89. The molecule has 0 spiro atoms. The molecule has 0 bridgehead atoms. The van der Waals surface area contributed by atoms with Gasteiger partial charge in [0.25, 0.3) is 5.91 Å². The number of carboxylic acid groups (broad SMARTS) is 1. The van der Waals surface area contributed by atoms with Crippen molar-refractivity contribution in [3.05, 3.63) is 95.8 Å². The van der Waals surface area contributed by atoms with Crippen LogP contribution in [0.3, 0.4) is 0 Å². The Morgan fingerprint density at radius 2 is 1.50 bits per heavy atom. The molecule has 2 unspecified atom stereocenters. The first kappa shape index (κ1) is 28.6. The molecule has 2 amide bonds. The highest BCUT2D eigenvalue weighted by atomic mass is 19.1. The third-order valence-electron chi connectivity index (χ3n) is 6.40. The van der Waals surface area contributed by atoms with Gasteiger partial charge in [-0.2, -0.15) is 0 Å². The summed E-state index contributed by atoms with van der Waals surface area (Å²) >= 11 is 0. The average molecular weight is 519 g/mol. The number of hydrogen-bond donors (Lipinski definition) is 3. The van der Waals surface area contributed by atoms with Crippen molar-refractivity contribution in [1.29, 1.82) is 0 Å². The third kappa shape index (κ3) is 8.26. The minimum absolute atomic E-state index is 0.0323. The van der Waals surface area contributed by atoms with Crippen LogP contribution in [0.25, 0.3) is 11.1 Å². The summed E-state index contributed by atoms with van der Waals surface area (Å²) in [5.41, 5.74) is 2.45. The van der Waals surface area contributed by atoms with Gasteiger partial charge in [-0.25, -0.2) is 4.39 Å².